The molecule has 1 N–H and O–H groups in total. The number of carbonyl (C=O) groups is 1. The van der Waals surface area contributed by atoms with Gasteiger partial charge in [0.15, 0.2) is 0 Å². The minimum atomic E-state index is -1.88. The molecule has 3 rings (SSSR count). The third-order valence-corrected chi connectivity index (χ3v) is 4.16. The van der Waals surface area contributed by atoms with Gasteiger partial charge in [-0.3, -0.25) is 9.78 Å². The number of para-hydroxylation sites is 1. The molecule has 1 aromatic heterocycles. The third-order valence-electron chi connectivity index (χ3n) is 4.16. The first-order chi connectivity index (χ1) is 12.9. The van der Waals surface area contributed by atoms with Crippen LogP contribution in [0.15, 0.2) is 73.0 Å². The first-order valence-electron chi connectivity index (χ1n) is 8.31. The molecule has 0 spiro atoms. The van der Waals surface area contributed by atoms with Crippen LogP contribution in [0.3, 0.4) is 0 Å². The Labute approximate surface area is 154 Å². The van der Waals surface area contributed by atoms with Crippen LogP contribution in [-0.4, -0.2) is 16.4 Å². The van der Waals surface area contributed by atoms with E-state index in [0.29, 0.717) is 5.39 Å². The number of hydrogen-bond donors (Lipinski definition) is 1. The molecule has 1 unspecified atom stereocenters. The lowest BCUT2D eigenvalue weighted by atomic mass is 9.92. The molecule has 1 amide bonds. The van der Waals surface area contributed by atoms with E-state index in [0.717, 1.165) is 11.6 Å². The van der Waals surface area contributed by atoms with Gasteiger partial charge in [-0.1, -0.05) is 42.5 Å². The highest BCUT2D eigenvalue weighted by Gasteiger charge is 2.27. The second-order valence-corrected chi connectivity index (χ2v) is 6.50. The van der Waals surface area contributed by atoms with Crippen LogP contribution in [-0.2, 0) is 6.42 Å². The molecular formula is C21H17F3N2O. The van der Waals surface area contributed by atoms with E-state index < -0.39 is 23.3 Å². The normalized spacial score (nSPS) is 13.0. The number of pyridine rings is 1. The Hall–Kier alpha value is -3.15. The van der Waals surface area contributed by atoms with Gasteiger partial charge < -0.3 is 5.32 Å². The fraction of sp³-hybridized carbons (Fsp3) is 0.143. The van der Waals surface area contributed by atoms with Gasteiger partial charge in [0, 0.05) is 17.7 Å². The van der Waals surface area contributed by atoms with Crippen molar-refractivity contribution >= 4 is 16.8 Å². The van der Waals surface area contributed by atoms with E-state index in [1.807, 2.05) is 6.07 Å². The molecule has 138 valence electrons. The average molecular weight is 370 g/mol. The lowest BCUT2D eigenvalue weighted by Crippen LogP contribution is -2.46. The van der Waals surface area contributed by atoms with Gasteiger partial charge >= 0.3 is 0 Å². The molecule has 0 saturated carbocycles. The highest BCUT2D eigenvalue weighted by molar-refractivity contribution is 5.97. The SMILES string of the molecule is CC(C=C(F)F)(Cc1ccccc1)NC(=O)c1cnc2c(F)cccc2c1. The maximum Gasteiger partial charge on any atom is 0.268 e. The molecule has 0 fully saturated rings. The van der Waals surface area contributed by atoms with Gasteiger partial charge in [0.05, 0.1) is 11.1 Å². The molecule has 0 bridgehead atoms. The Balaban J connectivity index is 1.89. The zero-order valence-electron chi connectivity index (χ0n) is 14.5. The fourth-order valence-corrected chi connectivity index (χ4v) is 2.97. The van der Waals surface area contributed by atoms with Crippen molar-refractivity contribution in [1.29, 1.82) is 0 Å². The van der Waals surface area contributed by atoms with Crippen molar-refractivity contribution < 1.29 is 18.0 Å². The summed E-state index contributed by atoms with van der Waals surface area (Å²) in [5.74, 6) is -1.06. The minimum absolute atomic E-state index is 0.149. The lowest BCUT2D eigenvalue weighted by molar-refractivity contribution is 0.0921. The van der Waals surface area contributed by atoms with Gasteiger partial charge in [0.25, 0.3) is 12.0 Å². The summed E-state index contributed by atoms with van der Waals surface area (Å²) in [7, 11) is 0. The fourth-order valence-electron chi connectivity index (χ4n) is 2.97. The lowest BCUT2D eigenvalue weighted by Gasteiger charge is -2.27. The number of amides is 1. The molecule has 3 nitrogen and oxygen atoms in total. The summed E-state index contributed by atoms with van der Waals surface area (Å²) in [4.78, 5) is 16.6. The number of benzene rings is 2. The number of hydrogen-bond acceptors (Lipinski definition) is 2. The van der Waals surface area contributed by atoms with Gasteiger partial charge in [0.1, 0.15) is 11.3 Å². The highest BCUT2D eigenvalue weighted by atomic mass is 19.3. The van der Waals surface area contributed by atoms with Crippen molar-refractivity contribution in [2.75, 3.05) is 0 Å². The summed E-state index contributed by atoms with van der Waals surface area (Å²) in [5, 5.41) is 3.10. The van der Waals surface area contributed by atoms with Gasteiger partial charge in [-0.15, -0.1) is 0 Å². The van der Waals surface area contributed by atoms with Crippen LogP contribution in [0.5, 0.6) is 0 Å². The topological polar surface area (TPSA) is 42.0 Å². The molecule has 0 aliphatic rings. The summed E-state index contributed by atoms with van der Waals surface area (Å²) in [6, 6.07) is 14.9. The second-order valence-electron chi connectivity index (χ2n) is 6.50. The standard InChI is InChI=1S/C21H17F3N2O/c1-21(12-18(23)24,11-14-6-3-2-4-7-14)26-20(27)16-10-15-8-5-9-17(22)19(15)25-13-16/h2-10,12-13H,11H2,1H3,(H,26,27). The Morgan fingerprint density at radius 3 is 2.59 bits per heavy atom. The van der Waals surface area contributed by atoms with Gasteiger partial charge in [0.2, 0.25) is 0 Å². The molecular weight excluding hydrogens is 353 g/mol. The van der Waals surface area contributed by atoms with E-state index in [1.165, 1.54) is 31.3 Å². The molecule has 1 atom stereocenters. The average Bonchev–Trinajstić information content (AvgIpc) is 2.61. The molecule has 2 aromatic carbocycles. The smallest absolute Gasteiger partial charge is 0.268 e. The summed E-state index contributed by atoms with van der Waals surface area (Å²) < 4.78 is 39.7. The van der Waals surface area contributed by atoms with E-state index in [2.05, 4.69) is 10.3 Å². The minimum Gasteiger partial charge on any atom is -0.343 e. The molecule has 0 aliphatic heterocycles. The summed E-state index contributed by atoms with van der Waals surface area (Å²) in [6.45, 7) is 1.52. The van der Waals surface area contributed by atoms with E-state index in [-0.39, 0.29) is 17.5 Å². The van der Waals surface area contributed by atoms with Crippen LogP contribution in [0, 0.1) is 5.82 Å². The van der Waals surface area contributed by atoms with Crippen molar-refractivity contribution in [1.82, 2.24) is 10.3 Å². The van der Waals surface area contributed by atoms with Crippen molar-refractivity contribution in [2.45, 2.75) is 18.9 Å². The summed E-state index contributed by atoms with van der Waals surface area (Å²) in [6.07, 6.45) is 0.269. The quantitative estimate of drug-likeness (QED) is 0.695. The van der Waals surface area contributed by atoms with Crippen molar-refractivity contribution in [2.24, 2.45) is 0 Å². The number of carbonyl (C=O) groups excluding carboxylic acids is 1. The Kier molecular flexibility index (Phi) is 5.26. The highest BCUT2D eigenvalue weighted by Crippen LogP contribution is 2.20. The van der Waals surface area contributed by atoms with E-state index in [1.54, 1.807) is 30.3 Å². The van der Waals surface area contributed by atoms with Crippen LogP contribution in [0.25, 0.3) is 10.9 Å². The summed E-state index contributed by atoms with van der Waals surface area (Å²) in [5.41, 5.74) is -0.180. The monoisotopic (exact) mass is 370 g/mol. The third kappa shape index (κ3) is 4.53. The Bertz CT molecular complexity index is 1000. The van der Waals surface area contributed by atoms with Crippen LogP contribution >= 0.6 is 0 Å². The number of aromatic nitrogens is 1. The zero-order valence-corrected chi connectivity index (χ0v) is 14.5. The molecule has 6 heteroatoms. The molecule has 1 heterocycles. The molecule has 0 radical (unpaired) electrons. The number of halogens is 3. The maximum atomic E-state index is 13.7. The van der Waals surface area contributed by atoms with E-state index in [4.69, 9.17) is 0 Å². The van der Waals surface area contributed by atoms with Crippen molar-refractivity contribution in [3.8, 4) is 0 Å². The first kappa shape index (κ1) is 18.6. The molecule has 27 heavy (non-hydrogen) atoms. The number of nitrogens with zero attached hydrogens (tertiary/aromatic N) is 1. The number of fused-ring (bicyclic) bond motifs is 1. The maximum absolute atomic E-state index is 13.7. The molecule has 3 aromatic rings. The summed E-state index contributed by atoms with van der Waals surface area (Å²) >= 11 is 0. The second kappa shape index (κ2) is 7.61. The zero-order chi connectivity index (χ0) is 19.4. The largest absolute Gasteiger partial charge is 0.343 e. The first-order valence-corrected chi connectivity index (χ1v) is 8.31. The van der Waals surface area contributed by atoms with Crippen LogP contribution in [0.1, 0.15) is 22.8 Å². The van der Waals surface area contributed by atoms with Crippen molar-refractivity contribution in [3.05, 3.63) is 89.9 Å². The van der Waals surface area contributed by atoms with Crippen LogP contribution in [0.4, 0.5) is 13.2 Å². The Morgan fingerprint density at radius 1 is 1.15 bits per heavy atom. The predicted molar refractivity (Wildman–Crippen MR) is 98.0 cm³/mol. The van der Waals surface area contributed by atoms with Gasteiger partial charge in [-0.2, -0.15) is 8.78 Å². The number of rotatable bonds is 5. The Morgan fingerprint density at radius 2 is 1.89 bits per heavy atom. The predicted octanol–water partition coefficient (Wildman–Crippen LogP) is 4.89. The van der Waals surface area contributed by atoms with E-state index in [9.17, 15) is 18.0 Å². The van der Waals surface area contributed by atoms with E-state index >= 15 is 0 Å². The van der Waals surface area contributed by atoms with Gasteiger partial charge in [-0.25, -0.2) is 4.39 Å². The number of nitrogens with one attached hydrogen (secondary N) is 1. The van der Waals surface area contributed by atoms with Crippen LogP contribution in [0.2, 0.25) is 0 Å². The van der Waals surface area contributed by atoms with Crippen LogP contribution < -0.4 is 5.32 Å². The molecule has 0 aliphatic carbocycles. The van der Waals surface area contributed by atoms with Gasteiger partial charge in [-0.05, 0) is 31.0 Å². The molecule has 0 saturated heterocycles. The van der Waals surface area contributed by atoms with Crippen molar-refractivity contribution in [3.63, 3.8) is 0 Å².